The smallest absolute Gasteiger partial charge is 0.310 e. The molecule has 0 amide bonds. The monoisotopic (exact) mass is 291 g/mol. The van der Waals surface area contributed by atoms with Crippen LogP contribution in [0, 0.1) is 19.7 Å². The maximum Gasteiger partial charge on any atom is 0.310 e. The summed E-state index contributed by atoms with van der Waals surface area (Å²) in [6.07, 6.45) is 0.165. The summed E-state index contributed by atoms with van der Waals surface area (Å²) < 4.78 is 20.2. The summed E-state index contributed by atoms with van der Waals surface area (Å²) in [5.41, 5.74) is 8.81. The van der Waals surface area contributed by atoms with Gasteiger partial charge in [0.2, 0.25) is 0 Å². The van der Waals surface area contributed by atoms with E-state index in [1.807, 2.05) is 13.8 Å². The number of halogens is 1. The Morgan fingerprint density at radius 1 is 1.43 bits per heavy atom. The number of benzene rings is 1. The van der Waals surface area contributed by atoms with Crippen LogP contribution in [0.5, 0.6) is 0 Å². The summed E-state index contributed by atoms with van der Waals surface area (Å²) in [4.78, 5) is 11.4. The predicted octanol–water partition coefficient (Wildman–Crippen LogP) is 1.99. The van der Waals surface area contributed by atoms with Crippen LogP contribution in [-0.2, 0) is 22.5 Å². The lowest BCUT2D eigenvalue weighted by Crippen LogP contribution is -2.08. The van der Waals surface area contributed by atoms with Crippen LogP contribution in [0.3, 0.4) is 0 Å². The van der Waals surface area contributed by atoms with E-state index in [1.54, 1.807) is 16.8 Å². The first-order valence-corrected chi connectivity index (χ1v) is 6.56. The van der Waals surface area contributed by atoms with Gasteiger partial charge in [0.15, 0.2) is 0 Å². The largest absolute Gasteiger partial charge is 0.469 e. The Morgan fingerprint density at radius 3 is 2.76 bits per heavy atom. The van der Waals surface area contributed by atoms with Gasteiger partial charge in [-0.25, -0.2) is 4.39 Å². The van der Waals surface area contributed by atoms with Crippen molar-refractivity contribution < 1.29 is 13.9 Å². The number of carbonyl (C=O) groups excluding carboxylic acids is 1. The molecule has 2 aromatic rings. The first-order valence-electron chi connectivity index (χ1n) is 6.56. The van der Waals surface area contributed by atoms with E-state index in [-0.39, 0.29) is 18.2 Å². The van der Waals surface area contributed by atoms with Gasteiger partial charge in [0.1, 0.15) is 5.82 Å². The standard InChI is InChI=1S/C15H18FN3O2/c1-9-13(7-15(20)21-3)10(2)19(18-9)8-11-4-5-12(17)6-14(11)16/h4-6H,7-8,17H2,1-3H3. The zero-order chi connectivity index (χ0) is 15.6. The molecule has 0 atom stereocenters. The average Bonchev–Trinajstić information content (AvgIpc) is 2.69. The number of nitrogens with two attached hydrogens (primary N) is 1. The number of esters is 1. The SMILES string of the molecule is COC(=O)Cc1c(C)nn(Cc2ccc(N)cc2F)c1C. The Bertz CT molecular complexity index is 680. The van der Waals surface area contributed by atoms with Crippen molar-refractivity contribution in [3.63, 3.8) is 0 Å². The number of nitrogens with zero attached hydrogens (tertiary/aromatic N) is 2. The minimum absolute atomic E-state index is 0.165. The molecule has 0 saturated carbocycles. The van der Waals surface area contributed by atoms with Crippen molar-refractivity contribution in [3.8, 4) is 0 Å². The van der Waals surface area contributed by atoms with Crippen molar-refractivity contribution >= 4 is 11.7 Å². The van der Waals surface area contributed by atoms with Crippen molar-refractivity contribution in [2.45, 2.75) is 26.8 Å². The number of rotatable bonds is 4. The normalized spacial score (nSPS) is 10.7. The molecule has 1 aromatic carbocycles. The number of aryl methyl sites for hydroxylation is 1. The van der Waals surface area contributed by atoms with Crippen LogP contribution < -0.4 is 5.73 Å². The molecule has 1 heterocycles. The second-order valence-corrected chi connectivity index (χ2v) is 4.91. The molecule has 0 fully saturated rings. The Labute approximate surface area is 122 Å². The zero-order valence-corrected chi connectivity index (χ0v) is 12.3. The molecule has 0 aliphatic rings. The van der Waals surface area contributed by atoms with Gasteiger partial charge in [0.25, 0.3) is 0 Å². The molecule has 0 aliphatic heterocycles. The summed E-state index contributed by atoms with van der Waals surface area (Å²) >= 11 is 0. The highest BCUT2D eigenvalue weighted by Gasteiger charge is 2.16. The fraction of sp³-hybridized carbons (Fsp3) is 0.333. The van der Waals surface area contributed by atoms with Crippen LogP contribution >= 0.6 is 0 Å². The van der Waals surface area contributed by atoms with E-state index in [2.05, 4.69) is 9.84 Å². The second-order valence-electron chi connectivity index (χ2n) is 4.91. The van der Waals surface area contributed by atoms with Crippen LogP contribution in [0.4, 0.5) is 10.1 Å². The van der Waals surface area contributed by atoms with Crippen molar-refractivity contribution in [3.05, 3.63) is 46.5 Å². The van der Waals surface area contributed by atoms with E-state index < -0.39 is 0 Å². The van der Waals surface area contributed by atoms with Gasteiger partial charge < -0.3 is 10.5 Å². The molecule has 0 radical (unpaired) electrons. The molecular formula is C15H18FN3O2. The molecule has 21 heavy (non-hydrogen) atoms. The third-order valence-corrected chi connectivity index (χ3v) is 3.48. The highest BCUT2D eigenvalue weighted by Crippen LogP contribution is 2.18. The lowest BCUT2D eigenvalue weighted by molar-refractivity contribution is -0.139. The van der Waals surface area contributed by atoms with Crippen molar-refractivity contribution in [1.29, 1.82) is 0 Å². The third kappa shape index (κ3) is 3.21. The maximum atomic E-state index is 13.8. The highest BCUT2D eigenvalue weighted by atomic mass is 19.1. The lowest BCUT2D eigenvalue weighted by Gasteiger charge is -2.07. The van der Waals surface area contributed by atoms with Crippen LogP contribution in [0.25, 0.3) is 0 Å². The first kappa shape index (κ1) is 15.0. The van der Waals surface area contributed by atoms with Gasteiger partial charge in [-0.2, -0.15) is 5.10 Å². The Morgan fingerprint density at radius 2 is 2.14 bits per heavy atom. The van der Waals surface area contributed by atoms with Crippen LogP contribution in [-0.4, -0.2) is 22.9 Å². The summed E-state index contributed by atoms with van der Waals surface area (Å²) in [6, 6.07) is 4.58. The Balaban J connectivity index is 2.29. The third-order valence-electron chi connectivity index (χ3n) is 3.48. The van der Waals surface area contributed by atoms with E-state index in [9.17, 15) is 9.18 Å². The van der Waals surface area contributed by atoms with Crippen LogP contribution in [0.2, 0.25) is 0 Å². The number of methoxy groups -OCH3 is 1. The predicted molar refractivity (Wildman–Crippen MR) is 77.3 cm³/mol. The molecule has 1 aromatic heterocycles. The molecular weight excluding hydrogens is 273 g/mol. The minimum atomic E-state index is -0.364. The molecule has 2 N–H and O–H groups in total. The van der Waals surface area contributed by atoms with E-state index in [0.717, 1.165) is 17.0 Å². The second kappa shape index (κ2) is 5.95. The molecule has 0 aliphatic carbocycles. The van der Waals surface area contributed by atoms with Gasteiger partial charge >= 0.3 is 5.97 Å². The average molecular weight is 291 g/mol. The Hall–Kier alpha value is -2.37. The topological polar surface area (TPSA) is 70.1 Å². The van der Waals surface area contributed by atoms with Gasteiger partial charge in [-0.1, -0.05) is 6.07 Å². The van der Waals surface area contributed by atoms with Crippen LogP contribution in [0.1, 0.15) is 22.5 Å². The minimum Gasteiger partial charge on any atom is -0.469 e. The van der Waals surface area contributed by atoms with Gasteiger partial charge in [-0.15, -0.1) is 0 Å². The number of aromatic nitrogens is 2. The quantitative estimate of drug-likeness (QED) is 0.691. The molecule has 0 unspecified atom stereocenters. The lowest BCUT2D eigenvalue weighted by atomic mass is 10.1. The molecule has 112 valence electrons. The van der Waals surface area contributed by atoms with E-state index in [1.165, 1.54) is 13.2 Å². The molecule has 6 heteroatoms. The molecule has 2 rings (SSSR count). The molecule has 0 spiro atoms. The van der Waals surface area contributed by atoms with Crippen molar-refractivity contribution in [1.82, 2.24) is 9.78 Å². The van der Waals surface area contributed by atoms with E-state index >= 15 is 0 Å². The number of carbonyl (C=O) groups is 1. The van der Waals surface area contributed by atoms with Gasteiger partial charge in [0, 0.05) is 22.5 Å². The van der Waals surface area contributed by atoms with Gasteiger partial charge in [-0.3, -0.25) is 9.48 Å². The number of anilines is 1. The summed E-state index contributed by atoms with van der Waals surface area (Å²) in [5, 5.41) is 4.37. The van der Waals surface area contributed by atoms with Gasteiger partial charge in [0.05, 0.1) is 25.8 Å². The first-order chi connectivity index (χ1) is 9.92. The number of ether oxygens (including phenoxy) is 1. The van der Waals surface area contributed by atoms with Crippen molar-refractivity contribution in [2.75, 3.05) is 12.8 Å². The summed E-state index contributed by atoms with van der Waals surface area (Å²) in [5.74, 6) is -0.684. The molecule has 0 bridgehead atoms. The van der Waals surface area contributed by atoms with Gasteiger partial charge in [-0.05, 0) is 26.0 Å². The van der Waals surface area contributed by atoms with E-state index in [4.69, 9.17) is 5.73 Å². The molecule has 5 nitrogen and oxygen atoms in total. The Kier molecular flexibility index (Phi) is 4.26. The number of hydrogen-bond donors (Lipinski definition) is 1. The zero-order valence-electron chi connectivity index (χ0n) is 12.3. The number of nitrogen functional groups attached to an aromatic ring is 1. The highest BCUT2D eigenvalue weighted by molar-refractivity contribution is 5.73. The summed E-state index contributed by atoms with van der Waals surface area (Å²) in [7, 11) is 1.35. The van der Waals surface area contributed by atoms with Crippen LogP contribution in [0.15, 0.2) is 18.2 Å². The summed E-state index contributed by atoms with van der Waals surface area (Å²) in [6.45, 7) is 3.97. The fourth-order valence-electron chi connectivity index (χ4n) is 2.21. The van der Waals surface area contributed by atoms with Crippen molar-refractivity contribution in [2.24, 2.45) is 0 Å². The fourth-order valence-corrected chi connectivity index (χ4v) is 2.21. The molecule has 0 saturated heterocycles. The maximum absolute atomic E-state index is 13.8. The number of hydrogen-bond acceptors (Lipinski definition) is 4. The van der Waals surface area contributed by atoms with E-state index in [0.29, 0.717) is 17.8 Å².